The lowest BCUT2D eigenvalue weighted by Gasteiger charge is -2.32. The fourth-order valence-corrected chi connectivity index (χ4v) is 7.86. The third-order valence-electron chi connectivity index (χ3n) is 9.02. The number of aliphatic hydroxyl groups excluding tert-OH is 1. The summed E-state index contributed by atoms with van der Waals surface area (Å²) in [5.41, 5.74) is 3.40. The molecule has 254 valence electrons. The molecule has 2 fully saturated rings. The van der Waals surface area contributed by atoms with E-state index in [1.165, 1.54) is 36.7 Å². The van der Waals surface area contributed by atoms with Crippen LogP contribution in [0.2, 0.25) is 0 Å². The van der Waals surface area contributed by atoms with Crippen LogP contribution in [0.4, 0.5) is 5.82 Å². The molecular formula is C34H41N7O6S. The van der Waals surface area contributed by atoms with Crippen molar-refractivity contribution in [2.75, 3.05) is 45.2 Å². The van der Waals surface area contributed by atoms with Crippen LogP contribution in [0.1, 0.15) is 52.9 Å². The standard InChI is InChI=1S/C34H41N7O6S/c1-47-39-32(24-6-8-28(9-7-24)48(45,46)29-10-11-29)34(44)41-16-13-26(14-17-41)38-31-18-30(36-22-37-31)33(43)35-19-27(42)21-40-15-12-23-4-2-3-5-25(23)20-40/h2-9,18,22,26-27,29,42H,10-17,19-21H2,1H3,(H,35,43)(H,36,37,38)/b39-32-/t27-/m0/s1. The van der Waals surface area contributed by atoms with Crippen LogP contribution < -0.4 is 10.6 Å². The number of fused-ring (bicyclic) bond motifs is 1. The normalized spacial score (nSPS) is 18.1. The number of hydrogen-bond donors (Lipinski definition) is 3. The van der Waals surface area contributed by atoms with Crippen molar-refractivity contribution < 1.29 is 28.0 Å². The highest BCUT2D eigenvalue weighted by Crippen LogP contribution is 2.33. The van der Waals surface area contributed by atoms with E-state index in [1.54, 1.807) is 23.1 Å². The van der Waals surface area contributed by atoms with Gasteiger partial charge < -0.3 is 25.5 Å². The summed E-state index contributed by atoms with van der Waals surface area (Å²) in [4.78, 5) is 43.8. The summed E-state index contributed by atoms with van der Waals surface area (Å²) in [6, 6.07) is 16.1. The molecule has 14 heteroatoms. The molecule has 3 aliphatic rings. The number of anilines is 1. The van der Waals surface area contributed by atoms with Gasteiger partial charge in [-0.2, -0.15) is 0 Å². The molecule has 0 spiro atoms. The summed E-state index contributed by atoms with van der Waals surface area (Å²) < 4.78 is 25.1. The van der Waals surface area contributed by atoms with Crippen LogP contribution in [-0.2, 0) is 32.4 Å². The quantitative estimate of drug-likeness (QED) is 0.191. The smallest absolute Gasteiger partial charge is 0.276 e. The van der Waals surface area contributed by atoms with Crippen molar-refractivity contribution in [1.29, 1.82) is 0 Å². The molecule has 1 atom stereocenters. The highest BCUT2D eigenvalue weighted by Gasteiger charge is 2.37. The van der Waals surface area contributed by atoms with Crippen molar-refractivity contribution in [3.63, 3.8) is 0 Å². The molecule has 1 saturated heterocycles. The number of aliphatic hydroxyl groups is 1. The second kappa shape index (κ2) is 14.8. The second-order valence-electron chi connectivity index (χ2n) is 12.5. The molecule has 6 rings (SSSR count). The molecule has 2 amide bonds. The number of benzene rings is 2. The topological polar surface area (TPSA) is 166 Å². The molecule has 3 heterocycles. The minimum atomic E-state index is -3.34. The van der Waals surface area contributed by atoms with Gasteiger partial charge in [0.15, 0.2) is 15.5 Å². The van der Waals surface area contributed by atoms with Gasteiger partial charge in [0.05, 0.1) is 16.2 Å². The number of β-amino-alcohol motifs (C(OH)–C–C–N with tert-alkyl or cyclic N) is 1. The molecule has 1 aromatic heterocycles. The molecule has 13 nitrogen and oxygen atoms in total. The SMILES string of the molecule is CO/N=C(\C(=O)N1CCC(Nc2cc(C(=O)NC[C@H](O)CN3CCc4ccccc4C3)ncn2)CC1)c1ccc(S(=O)(=O)C2CC2)cc1. The Labute approximate surface area is 280 Å². The van der Waals surface area contributed by atoms with E-state index in [4.69, 9.17) is 4.84 Å². The van der Waals surface area contributed by atoms with Gasteiger partial charge in [0, 0.05) is 56.9 Å². The molecule has 0 bridgehead atoms. The van der Waals surface area contributed by atoms with Crippen LogP contribution in [-0.4, -0.2) is 108 Å². The van der Waals surface area contributed by atoms with Gasteiger partial charge in [0.2, 0.25) is 0 Å². The zero-order valence-electron chi connectivity index (χ0n) is 26.9. The van der Waals surface area contributed by atoms with Crippen LogP contribution in [0, 0.1) is 0 Å². The van der Waals surface area contributed by atoms with Crippen molar-refractivity contribution in [2.24, 2.45) is 5.16 Å². The van der Waals surface area contributed by atoms with Crippen molar-refractivity contribution in [3.8, 4) is 0 Å². The first-order valence-corrected chi connectivity index (χ1v) is 17.8. The molecule has 2 aromatic carbocycles. The largest absolute Gasteiger partial charge is 0.398 e. The first kappa shape index (κ1) is 33.5. The van der Waals surface area contributed by atoms with E-state index in [-0.39, 0.29) is 40.0 Å². The van der Waals surface area contributed by atoms with Gasteiger partial charge >= 0.3 is 0 Å². The summed E-state index contributed by atoms with van der Waals surface area (Å²) in [5.74, 6) is -0.205. The summed E-state index contributed by atoms with van der Waals surface area (Å²) >= 11 is 0. The van der Waals surface area contributed by atoms with Gasteiger partial charge in [-0.15, -0.1) is 0 Å². The molecule has 3 aromatic rings. The summed E-state index contributed by atoms with van der Waals surface area (Å²) in [6.07, 6.45) is 4.16. The number of carbonyl (C=O) groups is 2. The fourth-order valence-electron chi connectivity index (χ4n) is 6.20. The molecule has 1 saturated carbocycles. The average Bonchev–Trinajstić information content (AvgIpc) is 3.97. The second-order valence-corrected chi connectivity index (χ2v) is 14.7. The van der Waals surface area contributed by atoms with Crippen LogP contribution in [0.25, 0.3) is 0 Å². The summed E-state index contributed by atoms with van der Waals surface area (Å²) in [5, 5.41) is 20.4. The Morgan fingerprint density at radius 1 is 1.02 bits per heavy atom. The van der Waals surface area contributed by atoms with Crippen LogP contribution in [0.3, 0.4) is 0 Å². The lowest BCUT2D eigenvalue weighted by Crippen LogP contribution is -2.45. The molecule has 0 radical (unpaired) electrons. The van der Waals surface area contributed by atoms with Gasteiger partial charge in [-0.25, -0.2) is 18.4 Å². The highest BCUT2D eigenvalue weighted by atomic mass is 32.2. The van der Waals surface area contributed by atoms with E-state index >= 15 is 0 Å². The summed E-state index contributed by atoms with van der Waals surface area (Å²) in [7, 11) is -1.97. The zero-order valence-corrected chi connectivity index (χ0v) is 27.7. The molecule has 1 aliphatic carbocycles. The number of rotatable bonds is 12. The van der Waals surface area contributed by atoms with E-state index < -0.39 is 21.8 Å². The van der Waals surface area contributed by atoms with Crippen molar-refractivity contribution >= 4 is 33.2 Å². The minimum absolute atomic E-state index is 0.00563. The van der Waals surface area contributed by atoms with Gasteiger partial charge in [-0.3, -0.25) is 14.5 Å². The number of piperidine rings is 1. The Hall–Kier alpha value is -4.40. The Kier molecular flexibility index (Phi) is 10.3. The summed E-state index contributed by atoms with van der Waals surface area (Å²) in [6.45, 7) is 3.11. The lowest BCUT2D eigenvalue weighted by molar-refractivity contribution is -0.125. The van der Waals surface area contributed by atoms with E-state index in [2.05, 4.69) is 42.8 Å². The van der Waals surface area contributed by atoms with Crippen LogP contribution in [0.15, 0.2) is 71.0 Å². The molecule has 2 aliphatic heterocycles. The van der Waals surface area contributed by atoms with Gasteiger partial charge in [0.1, 0.15) is 24.9 Å². The lowest BCUT2D eigenvalue weighted by atomic mass is 10.00. The first-order valence-electron chi connectivity index (χ1n) is 16.3. The number of amides is 2. The number of likely N-dealkylation sites (tertiary alicyclic amines) is 1. The number of carbonyl (C=O) groups excluding carboxylic acids is 2. The van der Waals surface area contributed by atoms with E-state index in [9.17, 15) is 23.1 Å². The van der Waals surface area contributed by atoms with Gasteiger partial charge in [0.25, 0.3) is 11.8 Å². The monoisotopic (exact) mass is 675 g/mol. The Balaban J connectivity index is 0.973. The van der Waals surface area contributed by atoms with Crippen LogP contribution >= 0.6 is 0 Å². The van der Waals surface area contributed by atoms with Crippen molar-refractivity contribution in [1.82, 2.24) is 25.1 Å². The zero-order chi connectivity index (χ0) is 33.7. The van der Waals surface area contributed by atoms with Gasteiger partial charge in [-0.1, -0.05) is 41.6 Å². The number of hydrogen-bond acceptors (Lipinski definition) is 11. The predicted molar refractivity (Wildman–Crippen MR) is 179 cm³/mol. The molecule has 0 unspecified atom stereocenters. The Morgan fingerprint density at radius 3 is 2.46 bits per heavy atom. The Morgan fingerprint density at radius 2 is 1.75 bits per heavy atom. The molecule has 48 heavy (non-hydrogen) atoms. The molecule has 3 N–H and O–H groups in total. The maximum atomic E-state index is 13.4. The predicted octanol–water partition coefficient (Wildman–Crippen LogP) is 2.02. The molecular weight excluding hydrogens is 634 g/mol. The maximum absolute atomic E-state index is 13.4. The van der Waals surface area contributed by atoms with Crippen molar-refractivity contribution in [3.05, 3.63) is 83.3 Å². The first-order chi connectivity index (χ1) is 23.2. The number of sulfone groups is 1. The van der Waals surface area contributed by atoms with E-state index in [0.717, 1.165) is 19.5 Å². The van der Waals surface area contributed by atoms with Crippen molar-refractivity contribution in [2.45, 2.75) is 60.9 Å². The maximum Gasteiger partial charge on any atom is 0.276 e. The average molecular weight is 676 g/mol. The van der Waals surface area contributed by atoms with Gasteiger partial charge in [-0.05, 0) is 55.4 Å². The van der Waals surface area contributed by atoms with E-state index in [0.29, 0.717) is 56.7 Å². The minimum Gasteiger partial charge on any atom is -0.398 e. The fraction of sp³-hybridized carbons (Fsp3) is 0.441. The Bertz CT molecular complexity index is 1760. The van der Waals surface area contributed by atoms with E-state index in [1.807, 2.05) is 12.1 Å². The number of nitrogens with zero attached hydrogens (tertiary/aromatic N) is 5. The third-order valence-corrected chi connectivity index (χ3v) is 11.3. The highest BCUT2D eigenvalue weighted by molar-refractivity contribution is 7.92. The number of aromatic nitrogens is 2. The third kappa shape index (κ3) is 8.00. The number of oxime groups is 1. The van der Waals surface area contributed by atoms with Crippen LogP contribution in [0.5, 0.6) is 0 Å². The number of nitrogens with one attached hydrogen (secondary N) is 2.